The minimum absolute atomic E-state index is 0.0175. The lowest BCUT2D eigenvalue weighted by Gasteiger charge is -2.16. The van der Waals surface area contributed by atoms with Crippen molar-refractivity contribution in [1.82, 2.24) is 14.5 Å². The minimum Gasteiger partial charge on any atom is -0.326 e. The fraction of sp³-hybridized carbons (Fsp3) is 0.0741. The summed E-state index contributed by atoms with van der Waals surface area (Å²) in [6, 6.07) is 19.7. The molecule has 0 spiro atoms. The van der Waals surface area contributed by atoms with Gasteiger partial charge in [0.2, 0.25) is 5.91 Å². The molecule has 5 aromatic rings. The molecule has 0 saturated carbocycles. The third kappa shape index (κ3) is 5.01. The molecule has 0 aliphatic heterocycles. The smallest absolute Gasteiger partial charge is 0.326 e. The summed E-state index contributed by atoms with van der Waals surface area (Å²) in [5.74, 6) is -0.412. The van der Waals surface area contributed by atoms with Gasteiger partial charge in [0.05, 0.1) is 23.7 Å². The summed E-state index contributed by atoms with van der Waals surface area (Å²) in [7, 11) is 0. The predicted molar refractivity (Wildman–Crippen MR) is 136 cm³/mol. The second-order valence-corrected chi connectivity index (χ2v) is 9.05. The number of carbonyl (C=O) groups is 1. The van der Waals surface area contributed by atoms with Crippen molar-refractivity contribution in [2.75, 3.05) is 5.32 Å². The Balaban J connectivity index is 1.33. The van der Waals surface area contributed by atoms with Crippen LogP contribution in [0.4, 0.5) is 18.9 Å². The Morgan fingerprint density at radius 2 is 1.81 bits per heavy atom. The van der Waals surface area contributed by atoms with Gasteiger partial charge in [-0.2, -0.15) is 13.2 Å². The van der Waals surface area contributed by atoms with Crippen LogP contribution >= 0.6 is 15.9 Å². The third-order valence-electron chi connectivity index (χ3n) is 5.67. The number of alkyl halides is 3. The number of halogens is 4. The Kier molecular flexibility index (Phi) is 6.32. The Labute approximate surface area is 212 Å². The summed E-state index contributed by atoms with van der Waals surface area (Å²) in [5, 5.41) is 2.59. The number of hydrogen-bond acceptors (Lipinski definition) is 3. The van der Waals surface area contributed by atoms with Gasteiger partial charge in [0.1, 0.15) is 11.8 Å². The molecule has 0 aliphatic rings. The molecule has 36 heavy (non-hydrogen) atoms. The standard InChI is InChI=1S/C27H18BrF3N4O/c28-19-3-1-2-18(13-19)22-9-6-20(14-23(22)27(29,30)31)34-26(36)12-17-4-7-21(8-5-17)35-16-33-24-15-32-11-10-25(24)35/h1-11,13-16H,12H2,(H,34,36). The van der Waals surface area contributed by atoms with Gasteiger partial charge in [-0.1, -0.05) is 46.3 Å². The van der Waals surface area contributed by atoms with Crippen molar-refractivity contribution in [2.45, 2.75) is 12.6 Å². The van der Waals surface area contributed by atoms with Crippen LogP contribution in [0, 0.1) is 0 Å². The van der Waals surface area contributed by atoms with Crippen molar-refractivity contribution in [2.24, 2.45) is 0 Å². The van der Waals surface area contributed by atoms with Crippen LogP contribution in [0.25, 0.3) is 27.8 Å². The highest BCUT2D eigenvalue weighted by Crippen LogP contribution is 2.39. The molecular formula is C27H18BrF3N4O. The zero-order valence-electron chi connectivity index (χ0n) is 18.6. The first kappa shape index (κ1) is 23.7. The van der Waals surface area contributed by atoms with E-state index in [1.165, 1.54) is 12.1 Å². The van der Waals surface area contributed by atoms with E-state index in [0.717, 1.165) is 28.4 Å². The first-order valence-electron chi connectivity index (χ1n) is 10.9. The molecule has 0 bridgehead atoms. The number of pyridine rings is 1. The molecule has 3 aromatic carbocycles. The number of imidazole rings is 1. The molecule has 0 aliphatic carbocycles. The number of rotatable bonds is 5. The molecule has 5 nitrogen and oxygen atoms in total. The number of nitrogens with zero attached hydrogens (tertiary/aromatic N) is 3. The van der Waals surface area contributed by atoms with E-state index in [4.69, 9.17) is 0 Å². The van der Waals surface area contributed by atoms with Crippen LogP contribution < -0.4 is 5.32 Å². The maximum atomic E-state index is 13.8. The van der Waals surface area contributed by atoms with Gasteiger partial charge in [-0.15, -0.1) is 0 Å². The minimum atomic E-state index is -4.58. The normalized spacial score (nSPS) is 11.6. The van der Waals surface area contributed by atoms with Crippen molar-refractivity contribution in [3.8, 4) is 16.8 Å². The topological polar surface area (TPSA) is 59.8 Å². The van der Waals surface area contributed by atoms with Gasteiger partial charge in [0, 0.05) is 22.0 Å². The summed E-state index contributed by atoms with van der Waals surface area (Å²) in [5.41, 5.74) is 3.01. The Hall–Kier alpha value is -3.98. The van der Waals surface area contributed by atoms with Crippen molar-refractivity contribution in [1.29, 1.82) is 0 Å². The highest BCUT2D eigenvalue weighted by molar-refractivity contribution is 9.10. The summed E-state index contributed by atoms with van der Waals surface area (Å²) in [6.45, 7) is 0. The molecule has 2 heterocycles. The largest absolute Gasteiger partial charge is 0.417 e. The Bertz CT molecular complexity index is 1560. The predicted octanol–water partition coefficient (Wildman–Crippen LogP) is 7.05. The van der Waals surface area contributed by atoms with Gasteiger partial charge in [-0.25, -0.2) is 4.98 Å². The van der Waals surface area contributed by atoms with Gasteiger partial charge in [0.15, 0.2) is 0 Å². The summed E-state index contributed by atoms with van der Waals surface area (Å²) >= 11 is 3.29. The summed E-state index contributed by atoms with van der Waals surface area (Å²) in [6.07, 6.45) is 0.504. The van der Waals surface area contributed by atoms with Gasteiger partial charge in [-0.05, 0) is 59.2 Å². The van der Waals surface area contributed by atoms with Crippen LogP contribution in [-0.2, 0) is 17.4 Å². The van der Waals surface area contributed by atoms with Crippen LogP contribution in [0.2, 0.25) is 0 Å². The first-order chi connectivity index (χ1) is 17.3. The number of aromatic nitrogens is 3. The lowest BCUT2D eigenvalue weighted by atomic mass is 9.98. The van der Waals surface area contributed by atoms with E-state index >= 15 is 0 Å². The van der Waals surface area contributed by atoms with Crippen molar-refractivity contribution in [3.05, 3.63) is 107 Å². The zero-order valence-corrected chi connectivity index (χ0v) is 20.2. The molecule has 0 saturated heterocycles. The van der Waals surface area contributed by atoms with E-state index in [9.17, 15) is 18.0 Å². The number of amides is 1. The van der Waals surface area contributed by atoms with Crippen LogP contribution in [0.3, 0.4) is 0 Å². The first-order valence-corrected chi connectivity index (χ1v) is 11.7. The lowest BCUT2D eigenvalue weighted by Crippen LogP contribution is -2.15. The average Bonchev–Trinajstić information content (AvgIpc) is 3.28. The third-order valence-corrected chi connectivity index (χ3v) is 6.17. The van der Waals surface area contributed by atoms with E-state index in [2.05, 4.69) is 31.2 Å². The second-order valence-electron chi connectivity index (χ2n) is 8.14. The molecular weight excluding hydrogens is 533 g/mol. The fourth-order valence-corrected chi connectivity index (χ4v) is 4.40. The average molecular weight is 551 g/mol. The molecule has 2 aromatic heterocycles. The van der Waals surface area contributed by atoms with E-state index in [0.29, 0.717) is 10.0 Å². The molecule has 0 atom stereocenters. The lowest BCUT2D eigenvalue weighted by molar-refractivity contribution is -0.137. The Morgan fingerprint density at radius 3 is 2.56 bits per heavy atom. The van der Waals surface area contributed by atoms with Crippen molar-refractivity contribution >= 4 is 38.6 Å². The quantitative estimate of drug-likeness (QED) is 0.255. The molecule has 0 radical (unpaired) electrons. The summed E-state index contributed by atoms with van der Waals surface area (Å²) < 4.78 is 44.0. The van der Waals surface area contributed by atoms with E-state index < -0.39 is 17.6 Å². The van der Waals surface area contributed by atoms with Crippen LogP contribution in [0.1, 0.15) is 11.1 Å². The number of anilines is 1. The van der Waals surface area contributed by atoms with Crippen LogP contribution in [0.15, 0.2) is 96.0 Å². The molecule has 5 rings (SSSR count). The number of hydrogen-bond donors (Lipinski definition) is 1. The molecule has 0 unspecified atom stereocenters. The SMILES string of the molecule is O=C(Cc1ccc(-n2cnc3cnccc32)cc1)Nc1ccc(-c2cccc(Br)c2)c(C(F)(F)F)c1. The van der Waals surface area contributed by atoms with Gasteiger partial charge < -0.3 is 5.32 Å². The van der Waals surface area contributed by atoms with Crippen LogP contribution in [0.5, 0.6) is 0 Å². The van der Waals surface area contributed by atoms with Gasteiger partial charge >= 0.3 is 6.18 Å². The molecule has 0 fully saturated rings. The highest BCUT2D eigenvalue weighted by Gasteiger charge is 2.34. The molecule has 1 amide bonds. The Morgan fingerprint density at radius 1 is 1.00 bits per heavy atom. The fourth-order valence-electron chi connectivity index (χ4n) is 4.00. The van der Waals surface area contributed by atoms with Crippen LogP contribution in [-0.4, -0.2) is 20.4 Å². The van der Waals surface area contributed by atoms with E-state index in [1.54, 1.807) is 55.1 Å². The van der Waals surface area contributed by atoms with Gasteiger partial charge in [-0.3, -0.25) is 14.3 Å². The maximum Gasteiger partial charge on any atom is 0.417 e. The molecule has 1 N–H and O–H groups in total. The number of carbonyl (C=O) groups excluding carboxylic acids is 1. The molecule has 180 valence electrons. The zero-order chi connectivity index (χ0) is 25.3. The maximum absolute atomic E-state index is 13.8. The summed E-state index contributed by atoms with van der Waals surface area (Å²) in [4.78, 5) is 21.0. The number of nitrogens with one attached hydrogen (secondary N) is 1. The second kappa shape index (κ2) is 9.58. The van der Waals surface area contributed by atoms with E-state index in [1.807, 2.05) is 22.8 Å². The number of fused-ring (bicyclic) bond motifs is 1. The van der Waals surface area contributed by atoms with E-state index in [-0.39, 0.29) is 17.7 Å². The highest BCUT2D eigenvalue weighted by atomic mass is 79.9. The van der Waals surface area contributed by atoms with Crippen molar-refractivity contribution in [3.63, 3.8) is 0 Å². The molecule has 9 heteroatoms. The monoisotopic (exact) mass is 550 g/mol. The van der Waals surface area contributed by atoms with Crippen molar-refractivity contribution < 1.29 is 18.0 Å². The number of benzene rings is 3. The van der Waals surface area contributed by atoms with Gasteiger partial charge in [0.25, 0.3) is 0 Å².